The molecule has 1 fully saturated rings. The molecule has 1 amide bonds. The zero-order valence-electron chi connectivity index (χ0n) is 9.62. The average Bonchev–Trinajstić information content (AvgIpc) is 2.57. The molecule has 15 heavy (non-hydrogen) atoms. The van der Waals surface area contributed by atoms with Crippen molar-refractivity contribution in [3.8, 4) is 0 Å². The fourth-order valence-corrected chi connectivity index (χ4v) is 2.10. The van der Waals surface area contributed by atoms with E-state index in [-0.39, 0.29) is 24.6 Å². The van der Waals surface area contributed by atoms with Crippen LogP contribution in [0.25, 0.3) is 0 Å². The van der Waals surface area contributed by atoms with E-state index in [9.17, 15) is 4.79 Å². The van der Waals surface area contributed by atoms with Gasteiger partial charge in [0.15, 0.2) is 0 Å². The third-order valence-corrected chi connectivity index (χ3v) is 3.60. The Bertz CT molecular complexity index is 229. The van der Waals surface area contributed by atoms with Gasteiger partial charge in [-0.25, -0.2) is 0 Å². The maximum absolute atomic E-state index is 12.0. The number of hydrogen-bond donors (Lipinski definition) is 3. The van der Waals surface area contributed by atoms with Gasteiger partial charge in [-0.15, -0.1) is 0 Å². The maximum Gasteiger partial charge on any atom is 0.227 e. The van der Waals surface area contributed by atoms with Crippen molar-refractivity contribution in [3.05, 3.63) is 0 Å². The minimum absolute atomic E-state index is 0.00611. The number of hydrogen-bond acceptors (Lipinski definition) is 3. The Morgan fingerprint density at radius 2 is 2.40 bits per heavy atom. The smallest absolute Gasteiger partial charge is 0.227 e. The fraction of sp³-hybridized carbons (Fsp3) is 0.909. The number of amides is 1. The van der Waals surface area contributed by atoms with Crippen molar-refractivity contribution in [2.75, 3.05) is 6.61 Å². The van der Waals surface area contributed by atoms with Gasteiger partial charge in [0.25, 0.3) is 0 Å². The maximum atomic E-state index is 12.0. The first-order chi connectivity index (χ1) is 7.04. The van der Waals surface area contributed by atoms with Crippen molar-refractivity contribution in [2.24, 2.45) is 11.1 Å². The Morgan fingerprint density at radius 3 is 2.80 bits per heavy atom. The molecule has 0 bridgehead atoms. The van der Waals surface area contributed by atoms with Crippen LogP contribution in [0.5, 0.6) is 0 Å². The van der Waals surface area contributed by atoms with Crippen LogP contribution in [0.1, 0.15) is 39.5 Å². The fourth-order valence-electron chi connectivity index (χ4n) is 2.10. The van der Waals surface area contributed by atoms with Gasteiger partial charge in [-0.1, -0.05) is 13.3 Å². The highest BCUT2D eigenvalue weighted by Crippen LogP contribution is 2.36. The van der Waals surface area contributed by atoms with Crippen LogP contribution < -0.4 is 11.1 Å². The van der Waals surface area contributed by atoms with E-state index in [0.717, 1.165) is 25.7 Å². The quantitative estimate of drug-likeness (QED) is 0.633. The van der Waals surface area contributed by atoms with E-state index in [1.165, 1.54) is 0 Å². The molecule has 1 aliphatic rings. The molecule has 0 aromatic rings. The van der Waals surface area contributed by atoms with Crippen LogP contribution in [-0.4, -0.2) is 29.7 Å². The molecule has 4 N–H and O–H groups in total. The summed E-state index contributed by atoms with van der Waals surface area (Å²) in [5, 5.41) is 11.9. The SMILES string of the molecule is CC[C@H](CO)NC(=O)C1(C)CCCC1N. The molecule has 1 aliphatic carbocycles. The van der Waals surface area contributed by atoms with E-state index in [0.29, 0.717) is 0 Å². The molecule has 2 unspecified atom stereocenters. The summed E-state index contributed by atoms with van der Waals surface area (Å²) in [4.78, 5) is 12.0. The summed E-state index contributed by atoms with van der Waals surface area (Å²) in [7, 11) is 0. The van der Waals surface area contributed by atoms with E-state index < -0.39 is 5.41 Å². The van der Waals surface area contributed by atoms with Crippen molar-refractivity contribution in [1.82, 2.24) is 5.32 Å². The van der Waals surface area contributed by atoms with Crippen LogP contribution in [0.4, 0.5) is 0 Å². The molecule has 3 atom stereocenters. The first kappa shape index (κ1) is 12.5. The van der Waals surface area contributed by atoms with Crippen LogP contribution in [0, 0.1) is 5.41 Å². The molecule has 1 saturated carbocycles. The van der Waals surface area contributed by atoms with Crippen molar-refractivity contribution in [3.63, 3.8) is 0 Å². The number of carbonyl (C=O) groups is 1. The third-order valence-electron chi connectivity index (χ3n) is 3.60. The summed E-state index contributed by atoms with van der Waals surface area (Å²) in [6.45, 7) is 3.86. The van der Waals surface area contributed by atoms with Gasteiger partial charge in [0, 0.05) is 6.04 Å². The molecule has 0 radical (unpaired) electrons. The summed E-state index contributed by atoms with van der Waals surface area (Å²) in [5.74, 6) is -0.00611. The largest absolute Gasteiger partial charge is 0.394 e. The highest BCUT2D eigenvalue weighted by atomic mass is 16.3. The van der Waals surface area contributed by atoms with Crippen LogP contribution >= 0.6 is 0 Å². The lowest BCUT2D eigenvalue weighted by Gasteiger charge is -2.29. The van der Waals surface area contributed by atoms with Crippen LogP contribution in [0.3, 0.4) is 0 Å². The molecule has 0 aromatic heterocycles. The Balaban J connectivity index is 2.59. The van der Waals surface area contributed by atoms with Crippen molar-refractivity contribution in [2.45, 2.75) is 51.6 Å². The molecule has 0 aromatic carbocycles. The highest BCUT2D eigenvalue weighted by molar-refractivity contribution is 5.83. The summed E-state index contributed by atoms with van der Waals surface area (Å²) in [5.41, 5.74) is 5.51. The first-order valence-electron chi connectivity index (χ1n) is 5.72. The van der Waals surface area contributed by atoms with Gasteiger partial charge in [-0.2, -0.15) is 0 Å². The number of aliphatic hydroxyl groups is 1. The van der Waals surface area contributed by atoms with Crippen LogP contribution in [0.15, 0.2) is 0 Å². The second kappa shape index (κ2) is 4.94. The normalized spacial score (nSPS) is 32.7. The van der Waals surface area contributed by atoms with Crippen LogP contribution in [0.2, 0.25) is 0 Å². The van der Waals surface area contributed by atoms with E-state index in [2.05, 4.69) is 5.32 Å². The lowest BCUT2D eigenvalue weighted by atomic mass is 9.84. The topological polar surface area (TPSA) is 75.3 Å². The zero-order valence-corrected chi connectivity index (χ0v) is 9.62. The first-order valence-corrected chi connectivity index (χ1v) is 5.72. The lowest BCUT2D eigenvalue weighted by molar-refractivity contribution is -0.131. The van der Waals surface area contributed by atoms with Gasteiger partial charge < -0.3 is 16.2 Å². The molecule has 0 aliphatic heterocycles. The molecular weight excluding hydrogens is 192 g/mol. The predicted molar refractivity (Wildman–Crippen MR) is 59.2 cm³/mol. The number of carbonyl (C=O) groups excluding carboxylic acids is 1. The lowest BCUT2D eigenvalue weighted by Crippen LogP contribution is -2.50. The Labute approximate surface area is 91.2 Å². The molecule has 0 spiro atoms. The summed E-state index contributed by atoms with van der Waals surface area (Å²) >= 11 is 0. The van der Waals surface area contributed by atoms with Gasteiger partial charge in [0.1, 0.15) is 0 Å². The van der Waals surface area contributed by atoms with E-state index in [4.69, 9.17) is 10.8 Å². The number of aliphatic hydroxyl groups excluding tert-OH is 1. The molecule has 0 saturated heterocycles. The van der Waals surface area contributed by atoms with Gasteiger partial charge in [0.2, 0.25) is 5.91 Å². The minimum atomic E-state index is -0.442. The second-order valence-electron chi connectivity index (χ2n) is 4.68. The minimum Gasteiger partial charge on any atom is -0.394 e. The summed E-state index contributed by atoms with van der Waals surface area (Å²) in [6.07, 6.45) is 3.52. The Morgan fingerprint density at radius 1 is 1.73 bits per heavy atom. The highest BCUT2D eigenvalue weighted by Gasteiger charge is 2.43. The second-order valence-corrected chi connectivity index (χ2v) is 4.68. The molecular formula is C11H22N2O2. The third kappa shape index (κ3) is 2.49. The summed E-state index contributed by atoms with van der Waals surface area (Å²) in [6, 6.07) is -0.184. The number of nitrogens with one attached hydrogen (secondary N) is 1. The van der Waals surface area contributed by atoms with Gasteiger partial charge in [-0.05, 0) is 26.2 Å². The van der Waals surface area contributed by atoms with Crippen molar-refractivity contribution in [1.29, 1.82) is 0 Å². The number of nitrogens with two attached hydrogens (primary N) is 1. The van der Waals surface area contributed by atoms with Crippen molar-refractivity contribution < 1.29 is 9.90 Å². The van der Waals surface area contributed by atoms with Crippen LogP contribution in [-0.2, 0) is 4.79 Å². The molecule has 0 heterocycles. The van der Waals surface area contributed by atoms with Gasteiger partial charge in [-0.3, -0.25) is 4.79 Å². The molecule has 4 heteroatoms. The zero-order chi connectivity index (χ0) is 11.5. The molecule has 1 rings (SSSR count). The molecule has 4 nitrogen and oxygen atoms in total. The number of rotatable bonds is 4. The Hall–Kier alpha value is -0.610. The van der Waals surface area contributed by atoms with Crippen molar-refractivity contribution >= 4 is 5.91 Å². The van der Waals surface area contributed by atoms with Gasteiger partial charge in [0.05, 0.1) is 18.1 Å². The average molecular weight is 214 g/mol. The standard InChI is InChI=1S/C11H22N2O2/c1-3-8(7-14)13-10(15)11(2)6-4-5-9(11)12/h8-9,14H,3-7,12H2,1-2H3,(H,13,15)/t8-,9?,11?/m1/s1. The predicted octanol–water partition coefficient (Wildman–Crippen LogP) is 0.391. The molecule has 88 valence electrons. The Kier molecular flexibility index (Phi) is 4.11. The van der Waals surface area contributed by atoms with E-state index >= 15 is 0 Å². The summed E-state index contributed by atoms with van der Waals surface area (Å²) < 4.78 is 0. The van der Waals surface area contributed by atoms with E-state index in [1.807, 2.05) is 13.8 Å². The van der Waals surface area contributed by atoms with Gasteiger partial charge >= 0.3 is 0 Å². The monoisotopic (exact) mass is 214 g/mol. The van der Waals surface area contributed by atoms with E-state index in [1.54, 1.807) is 0 Å².